The maximum Gasteiger partial charge on any atom is 0.119 e. The van der Waals surface area contributed by atoms with Crippen molar-refractivity contribution in [2.75, 3.05) is 26.2 Å². The lowest BCUT2D eigenvalue weighted by molar-refractivity contribution is 0.289. The van der Waals surface area contributed by atoms with Gasteiger partial charge >= 0.3 is 0 Å². The van der Waals surface area contributed by atoms with Gasteiger partial charge in [0.15, 0.2) is 0 Å². The second kappa shape index (κ2) is 9.60. The van der Waals surface area contributed by atoms with Crippen molar-refractivity contribution in [2.24, 2.45) is 5.92 Å². The van der Waals surface area contributed by atoms with E-state index in [9.17, 15) is 0 Å². The summed E-state index contributed by atoms with van der Waals surface area (Å²) in [5.41, 5.74) is 1.23. The Morgan fingerprint density at radius 3 is 2.30 bits per heavy atom. The Kier molecular flexibility index (Phi) is 8.05. The van der Waals surface area contributed by atoms with E-state index in [1.165, 1.54) is 5.56 Å². The third-order valence-corrected chi connectivity index (χ3v) is 3.41. The van der Waals surface area contributed by atoms with Crippen LogP contribution in [0.1, 0.15) is 39.7 Å². The average Bonchev–Trinajstić information content (AvgIpc) is 2.45. The third kappa shape index (κ3) is 6.76. The van der Waals surface area contributed by atoms with Crippen LogP contribution in [0.5, 0.6) is 5.75 Å². The smallest absolute Gasteiger partial charge is 0.119 e. The number of ether oxygens (including phenoxy) is 1. The topological polar surface area (TPSA) is 12.5 Å². The molecule has 0 heterocycles. The Labute approximate surface area is 124 Å². The van der Waals surface area contributed by atoms with Crippen LogP contribution >= 0.6 is 0 Å². The standard InChI is InChI=1S/C18H29NO/c1-5-19(6-2)14-7-8-17-9-11-18(12-10-17)20-15-13-16(3)4/h7-12,16H,5-6,13-15H2,1-4H3/b8-7-. The van der Waals surface area contributed by atoms with Gasteiger partial charge in [0.25, 0.3) is 0 Å². The summed E-state index contributed by atoms with van der Waals surface area (Å²) in [5, 5.41) is 0. The van der Waals surface area contributed by atoms with Crippen LogP contribution in [0.25, 0.3) is 6.08 Å². The van der Waals surface area contributed by atoms with Gasteiger partial charge in [-0.25, -0.2) is 0 Å². The van der Waals surface area contributed by atoms with E-state index in [1.807, 2.05) is 0 Å². The van der Waals surface area contributed by atoms with Gasteiger partial charge in [-0.2, -0.15) is 0 Å². The van der Waals surface area contributed by atoms with E-state index >= 15 is 0 Å². The fraction of sp³-hybridized carbons (Fsp3) is 0.556. The highest BCUT2D eigenvalue weighted by Crippen LogP contribution is 2.14. The third-order valence-electron chi connectivity index (χ3n) is 3.41. The highest BCUT2D eigenvalue weighted by Gasteiger charge is 1.97. The van der Waals surface area contributed by atoms with Crippen molar-refractivity contribution in [3.05, 3.63) is 35.9 Å². The molecule has 0 amide bonds. The van der Waals surface area contributed by atoms with Crippen LogP contribution in [0.3, 0.4) is 0 Å². The maximum absolute atomic E-state index is 5.72. The van der Waals surface area contributed by atoms with Crippen LogP contribution in [0.15, 0.2) is 30.3 Å². The fourth-order valence-electron chi connectivity index (χ4n) is 1.91. The van der Waals surface area contributed by atoms with Crippen molar-refractivity contribution in [1.29, 1.82) is 0 Å². The van der Waals surface area contributed by atoms with Gasteiger partial charge < -0.3 is 9.64 Å². The molecule has 0 saturated carbocycles. The fourth-order valence-corrected chi connectivity index (χ4v) is 1.91. The molecule has 1 aromatic carbocycles. The van der Waals surface area contributed by atoms with Crippen LogP contribution in [0, 0.1) is 5.92 Å². The van der Waals surface area contributed by atoms with Crippen molar-refractivity contribution in [2.45, 2.75) is 34.1 Å². The number of rotatable bonds is 9. The highest BCUT2D eigenvalue weighted by molar-refractivity contribution is 5.50. The average molecular weight is 275 g/mol. The van der Waals surface area contributed by atoms with E-state index in [2.05, 4.69) is 69.0 Å². The lowest BCUT2D eigenvalue weighted by Gasteiger charge is -2.14. The number of benzene rings is 1. The second-order valence-corrected chi connectivity index (χ2v) is 5.49. The summed E-state index contributed by atoms with van der Waals surface area (Å²) in [6.45, 7) is 12.8. The predicted molar refractivity (Wildman–Crippen MR) is 88.2 cm³/mol. The summed E-state index contributed by atoms with van der Waals surface area (Å²) >= 11 is 0. The lowest BCUT2D eigenvalue weighted by Crippen LogP contribution is -2.22. The van der Waals surface area contributed by atoms with E-state index in [4.69, 9.17) is 4.74 Å². The molecular weight excluding hydrogens is 246 g/mol. The van der Waals surface area contributed by atoms with E-state index < -0.39 is 0 Å². The minimum absolute atomic E-state index is 0.692. The largest absolute Gasteiger partial charge is 0.494 e. The summed E-state index contributed by atoms with van der Waals surface area (Å²) in [5.74, 6) is 1.66. The van der Waals surface area contributed by atoms with Gasteiger partial charge in [-0.15, -0.1) is 0 Å². The molecule has 0 atom stereocenters. The van der Waals surface area contributed by atoms with Crippen molar-refractivity contribution >= 4 is 6.08 Å². The van der Waals surface area contributed by atoms with Crippen LogP contribution in [0.4, 0.5) is 0 Å². The molecular formula is C18H29NO. The Morgan fingerprint density at radius 1 is 1.10 bits per heavy atom. The Morgan fingerprint density at radius 2 is 1.75 bits per heavy atom. The molecule has 20 heavy (non-hydrogen) atoms. The van der Waals surface area contributed by atoms with Crippen LogP contribution in [-0.4, -0.2) is 31.1 Å². The first kappa shape index (κ1) is 16.8. The SMILES string of the molecule is CCN(CC)C/C=C\c1ccc(OCCC(C)C)cc1. The molecule has 2 nitrogen and oxygen atoms in total. The normalized spacial score (nSPS) is 11.7. The van der Waals surface area contributed by atoms with Crippen molar-refractivity contribution in [3.63, 3.8) is 0 Å². The molecule has 1 aromatic rings. The van der Waals surface area contributed by atoms with Gasteiger partial charge in [-0.1, -0.05) is 52.0 Å². The molecule has 0 N–H and O–H groups in total. The van der Waals surface area contributed by atoms with Gasteiger partial charge in [0, 0.05) is 6.54 Å². The van der Waals surface area contributed by atoms with E-state index in [0.717, 1.165) is 38.4 Å². The van der Waals surface area contributed by atoms with Gasteiger partial charge in [0.05, 0.1) is 6.61 Å². The van der Waals surface area contributed by atoms with Crippen LogP contribution < -0.4 is 4.74 Å². The van der Waals surface area contributed by atoms with Crippen LogP contribution in [-0.2, 0) is 0 Å². The summed E-state index contributed by atoms with van der Waals surface area (Å²) in [4.78, 5) is 2.39. The molecule has 0 bridgehead atoms. The number of hydrogen-bond donors (Lipinski definition) is 0. The van der Waals surface area contributed by atoms with E-state index in [-0.39, 0.29) is 0 Å². The predicted octanol–water partition coefficient (Wildman–Crippen LogP) is 4.47. The second-order valence-electron chi connectivity index (χ2n) is 5.49. The molecule has 0 fully saturated rings. The van der Waals surface area contributed by atoms with Gasteiger partial charge in [-0.05, 0) is 43.1 Å². The summed E-state index contributed by atoms with van der Waals surface area (Å²) in [7, 11) is 0. The monoisotopic (exact) mass is 275 g/mol. The molecule has 0 saturated heterocycles. The molecule has 2 heteroatoms. The zero-order valence-electron chi connectivity index (χ0n) is 13.4. The minimum atomic E-state index is 0.692. The number of nitrogens with zero attached hydrogens (tertiary/aromatic N) is 1. The Hall–Kier alpha value is -1.28. The summed E-state index contributed by atoms with van der Waals surface area (Å²) in [6.07, 6.45) is 5.50. The first-order chi connectivity index (χ1) is 9.65. The maximum atomic E-state index is 5.72. The Balaban J connectivity index is 2.40. The van der Waals surface area contributed by atoms with E-state index in [1.54, 1.807) is 0 Å². The molecule has 0 aromatic heterocycles. The first-order valence-electron chi connectivity index (χ1n) is 7.77. The number of hydrogen-bond acceptors (Lipinski definition) is 2. The molecule has 1 rings (SSSR count). The van der Waals surface area contributed by atoms with Gasteiger partial charge in [0.1, 0.15) is 5.75 Å². The van der Waals surface area contributed by atoms with Crippen molar-refractivity contribution in [1.82, 2.24) is 4.90 Å². The zero-order chi connectivity index (χ0) is 14.8. The Bertz CT molecular complexity index is 377. The molecule has 0 aliphatic rings. The highest BCUT2D eigenvalue weighted by atomic mass is 16.5. The molecule has 112 valence electrons. The molecule has 0 radical (unpaired) electrons. The molecule has 0 unspecified atom stereocenters. The minimum Gasteiger partial charge on any atom is -0.494 e. The summed E-state index contributed by atoms with van der Waals surface area (Å²) < 4.78 is 5.72. The molecule has 0 aliphatic carbocycles. The molecule has 0 spiro atoms. The molecule has 0 aliphatic heterocycles. The lowest BCUT2D eigenvalue weighted by atomic mass is 10.1. The first-order valence-corrected chi connectivity index (χ1v) is 7.77. The van der Waals surface area contributed by atoms with Crippen molar-refractivity contribution < 1.29 is 4.74 Å². The quantitative estimate of drug-likeness (QED) is 0.659. The van der Waals surface area contributed by atoms with Crippen molar-refractivity contribution in [3.8, 4) is 5.75 Å². The zero-order valence-corrected chi connectivity index (χ0v) is 13.4. The van der Waals surface area contributed by atoms with Crippen LogP contribution in [0.2, 0.25) is 0 Å². The van der Waals surface area contributed by atoms with E-state index in [0.29, 0.717) is 5.92 Å². The van der Waals surface area contributed by atoms with Gasteiger partial charge in [0.2, 0.25) is 0 Å². The van der Waals surface area contributed by atoms with Gasteiger partial charge in [-0.3, -0.25) is 0 Å². The number of likely N-dealkylation sites (N-methyl/N-ethyl adjacent to an activating group) is 1. The summed E-state index contributed by atoms with van der Waals surface area (Å²) in [6, 6.07) is 8.34.